The van der Waals surface area contributed by atoms with Crippen molar-refractivity contribution in [1.82, 2.24) is 9.97 Å². The third-order valence-electron chi connectivity index (χ3n) is 3.45. The number of nitrogens with zero attached hydrogens (tertiary/aromatic N) is 1. The summed E-state index contributed by atoms with van der Waals surface area (Å²) in [4.78, 5) is 19.3. The van der Waals surface area contributed by atoms with Crippen molar-refractivity contribution >= 4 is 34.4 Å². The van der Waals surface area contributed by atoms with Gasteiger partial charge in [-0.05, 0) is 36.1 Å². The Morgan fingerprint density at radius 2 is 2.27 bits per heavy atom. The van der Waals surface area contributed by atoms with Gasteiger partial charge in [-0.3, -0.25) is 5.32 Å². The number of rotatable bonds is 3. The van der Waals surface area contributed by atoms with Crippen LogP contribution in [-0.2, 0) is 10.3 Å². The second-order valence-corrected chi connectivity index (χ2v) is 5.93. The van der Waals surface area contributed by atoms with Gasteiger partial charge in [0.15, 0.2) is 0 Å². The summed E-state index contributed by atoms with van der Waals surface area (Å²) in [5, 5.41) is 15.2. The number of nitrogens with one attached hydrogen (secondary N) is 2. The largest absolute Gasteiger partial charge is 0.453 e. The van der Waals surface area contributed by atoms with Crippen LogP contribution in [0.4, 0.5) is 10.7 Å². The molecule has 3 N–H and O–H groups in total. The van der Waals surface area contributed by atoms with E-state index in [1.165, 1.54) is 18.4 Å². The third-order valence-corrected chi connectivity index (χ3v) is 4.53. The minimum absolute atomic E-state index is 0.301. The van der Waals surface area contributed by atoms with Gasteiger partial charge in [0.25, 0.3) is 0 Å². The number of thiophene rings is 1. The maximum Gasteiger partial charge on any atom is 0.413 e. The van der Waals surface area contributed by atoms with Gasteiger partial charge < -0.3 is 14.8 Å². The summed E-state index contributed by atoms with van der Waals surface area (Å²) in [6.07, 6.45) is -0.593. The lowest BCUT2D eigenvalue weighted by Gasteiger charge is -2.22. The van der Waals surface area contributed by atoms with Crippen LogP contribution in [0.25, 0.3) is 11.0 Å². The molecule has 0 aliphatic heterocycles. The Morgan fingerprint density at radius 1 is 1.45 bits per heavy atom. The molecule has 114 valence electrons. The minimum atomic E-state index is -1.08. The lowest BCUT2D eigenvalue weighted by atomic mass is 9.94. The summed E-state index contributed by atoms with van der Waals surface area (Å²) < 4.78 is 4.53. The van der Waals surface area contributed by atoms with Crippen molar-refractivity contribution in [2.24, 2.45) is 0 Å². The molecule has 0 spiro atoms. The van der Waals surface area contributed by atoms with Gasteiger partial charge in [-0.2, -0.15) is 0 Å². The number of aliphatic hydroxyl groups is 1. The van der Waals surface area contributed by atoms with Crippen LogP contribution < -0.4 is 5.32 Å². The zero-order valence-corrected chi connectivity index (χ0v) is 12.9. The standard InChI is InChI=1S/C15H15N3O3S/c1-15(20,12-4-3-7-22-12)9-5-6-10-11(8-9)17-13(16-10)18-14(19)21-2/h3-8,20H,1-2H3,(H2,16,17,18,19)/t15-/m0/s1. The Labute approximate surface area is 130 Å². The SMILES string of the molecule is COC(=O)Nc1nc2ccc([C@](C)(O)c3cccs3)cc2[nH]1. The Balaban J connectivity index is 1.98. The van der Waals surface area contributed by atoms with Crippen LogP contribution in [0.1, 0.15) is 17.4 Å². The number of ether oxygens (including phenoxy) is 1. The highest BCUT2D eigenvalue weighted by molar-refractivity contribution is 7.10. The number of carbonyl (C=O) groups excluding carboxylic acids is 1. The zero-order valence-electron chi connectivity index (χ0n) is 12.1. The van der Waals surface area contributed by atoms with Gasteiger partial charge in [-0.1, -0.05) is 12.1 Å². The molecule has 22 heavy (non-hydrogen) atoms. The molecular weight excluding hydrogens is 302 g/mol. The number of carbonyl (C=O) groups is 1. The van der Waals surface area contributed by atoms with Gasteiger partial charge in [0.1, 0.15) is 5.60 Å². The summed E-state index contributed by atoms with van der Waals surface area (Å²) in [5.74, 6) is 0.301. The van der Waals surface area contributed by atoms with Crippen LogP contribution in [0.2, 0.25) is 0 Å². The second-order valence-electron chi connectivity index (χ2n) is 4.98. The predicted octanol–water partition coefficient (Wildman–Crippen LogP) is 3.06. The molecule has 3 aromatic rings. The predicted molar refractivity (Wildman–Crippen MR) is 85.1 cm³/mol. The highest BCUT2D eigenvalue weighted by atomic mass is 32.1. The van der Waals surface area contributed by atoms with Crippen LogP contribution in [-0.4, -0.2) is 28.3 Å². The molecule has 0 unspecified atom stereocenters. The molecule has 1 atom stereocenters. The monoisotopic (exact) mass is 317 g/mol. The normalized spacial score (nSPS) is 13.8. The molecule has 0 aliphatic carbocycles. The van der Waals surface area contributed by atoms with E-state index >= 15 is 0 Å². The number of H-pyrrole nitrogens is 1. The molecular formula is C15H15N3O3S. The van der Waals surface area contributed by atoms with Gasteiger partial charge in [0.05, 0.1) is 18.1 Å². The van der Waals surface area contributed by atoms with Crippen molar-refractivity contribution in [2.45, 2.75) is 12.5 Å². The number of anilines is 1. The van der Waals surface area contributed by atoms with E-state index in [0.29, 0.717) is 11.5 Å². The Kier molecular flexibility index (Phi) is 3.59. The van der Waals surface area contributed by atoms with Crippen LogP contribution >= 0.6 is 11.3 Å². The van der Waals surface area contributed by atoms with Crippen molar-refractivity contribution in [3.8, 4) is 0 Å². The zero-order chi connectivity index (χ0) is 15.7. The average Bonchev–Trinajstić information content (AvgIpc) is 3.15. The maximum atomic E-state index is 11.2. The highest BCUT2D eigenvalue weighted by Crippen LogP contribution is 2.33. The van der Waals surface area contributed by atoms with E-state index in [0.717, 1.165) is 16.0 Å². The fourth-order valence-corrected chi connectivity index (χ4v) is 3.03. The number of hydrogen-bond acceptors (Lipinski definition) is 5. The second kappa shape index (κ2) is 5.43. The fraction of sp³-hybridized carbons (Fsp3) is 0.200. The van der Waals surface area contributed by atoms with E-state index in [1.54, 1.807) is 13.0 Å². The maximum absolute atomic E-state index is 11.2. The highest BCUT2D eigenvalue weighted by Gasteiger charge is 2.27. The summed E-state index contributed by atoms with van der Waals surface area (Å²) in [5.41, 5.74) is 1.08. The summed E-state index contributed by atoms with van der Waals surface area (Å²) in [7, 11) is 1.29. The number of benzene rings is 1. The molecule has 0 aliphatic rings. The first-order valence-corrected chi connectivity index (χ1v) is 7.50. The Morgan fingerprint density at radius 3 is 2.95 bits per heavy atom. The van der Waals surface area contributed by atoms with Crippen molar-refractivity contribution in [3.63, 3.8) is 0 Å². The Hall–Kier alpha value is -2.38. The van der Waals surface area contributed by atoms with E-state index in [1.807, 2.05) is 29.6 Å². The molecule has 2 heterocycles. The molecule has 3 rings (SSSR count). The number of fused-ring (bicyclic) bond motifs is 1. The summed E-state index contributed by atoms with van der Waals surface area (Å²) >= 11 is 1.50. The number of imidazole rings is 1. The van der Waals surface area contributed by atoms with E-state index in [-0.39, 0.29) is 0 Å². The van der Waals surface area contributed by atoms with Gasteiger partial charge in [0.2, 0.25) is 5.95 Å². The molecule has 7 heteroatoms. The van der Waals surface area contributed by atoms with Crippen molar-refractivity contribution in [3.05, 3.63) is 46.2 Å². The Bertz CT molecular complexity index is 809. The molecule has 0 fully saturated rings. The smallest absolute Gasteiger partial charge is 0.413 e. The molecule has 2 aromatic heterocycles. The number of hydrogen-bond donors (Lipinski definition) is 3. The average molecular weight is 317 g/mol. The third kappa shape index (κ3) is 2.56. The van der Waals surface area contributed by atoms with Gasteiger partial charge in [0, 0.05) is 4.88 Å². The van der Waals surface area contributed by atoms with Crippen LogP contribution in [0.5, 0.6) is 0 Å². The van der Waals surface area contributed by atoms with Gasteiger partial charge in [-0.15, -0.1) is 11.3 Å². The topological polar surface area (TPSA) is 87.2 Å². The lowest BCUT2D eigenvalue weighted by molar-refractivity contribution is 0.106. The number of aromatic nitrogens is 2. The lowest BCUT2D eigenvalue weighted by Crippen LogP contribution is -2.21. The fourth-order valence-electron chi connectivity index (χ4n) is 2.22. The van der Waals surface area contributed by atoms with Crippen molar-refractivity contribution in [2.75, 3.05) is 12.4 Å². The van der Waals surface area contributed by atoms with Crippen molar-refractivity contribution in [1.29, 1.82) is 0 Å². The first-order chi connectivity index (χ1) is 10.5. The molecule has 0 saturated heterocycles. The van der Waals surface area contributed by atoms with Crippen molar-refractivity contribution < 1.29 is 14.6 Å². The van der Waals surface area contributed by atoms with E-state index in [2.05, 4.69) is 20.0 Å². The van der Waals surface area contributed by atoms with Crippen LogP contribution in [0.15, 0.2) is 35.7 Å². The number of amides is 1. The first kappa shape index (κ1) is 14.6. The van der Waals surface area contributed by atoms with Crippen LogP contribution in [0.3, 0.4) is 0 Å². The number of aromatic amines is 1. The van der Waals surface area contributed by atoms with Gasteiger partial charge in [-0.25, -0.2) is 9.78 Å². The molecule has 6 nitrogen and oxygen atoms in total. The molecule has 0 radical (unpaired) electrons. The van der Waals surface area contributed by atoms with Crippen LogP contribution in [0, 0.1) is 0 Å². The quantitative estimate of drug-likeness (QED) is 0.693. The molecule has 1 aromatic carbocycles. The summed E-state index contributed by atoms with van der Waals surface area (Å²) in [6.45, 7) is 1.75. The van der Waals surface area contributed by atoms with Gasteiger partial charge >= 0.3 is 6.09 Å². The summed E-state index contributed by atoms with van der Waals surface area (Å²) in [6, 6.07) is 9.24. The first-order valence-electron chi connectivity index (χ1n) is 6.62. The van der Waals surface area contributed by atoms with E-state index < -0.39 is 11.7 Å². The van der Waals surface area contributed by atoms with E-state index in [4.69, 9.17) is 0 Å². The molecule has 0 saturated carbocycles. The molecule has 0 bridgehead atoms. The molecule has 1 amide bonds. The van der Waals surface area contributed by atoms with E-state index in [9.17, 15) is 9.90 Å². The minimum Gasteiger partial charge on any atom is -0.453 e. The number of methoxy groups -OCH3 is 1.